The van der Waals surface area contributed by atoms with E-state index in [2.05, 4.69) is 10.6 Å². The molecule has 0 atom stereocenters. The topological polar surface area (TPSA) is 61.4 Å². The van der Waals surface area contributed by atoms with E-state index >= 15 is 0 Å². The van der Waals surface area contributed by atoms with Crippen LogP contribution >= 0.6 is 12.4 Å². The second kappa shape index (κ2) is 9.37. The molecular formula is C22H25ClFN3O2. The summed E-state index contributed by atoms with van der Waals surface area (Å²) >= 11 is 0. The van der Waals surface area contributed by atoms with Crippen molar-refractivity contribution in [1.29, 1.82) is 0 Å². The molecule has 0 spiro atoms. The lowest BCUT2D eigenvalue weighted by atomic mass is 9.94. The molecule has 1 fully saturated rings. The van der Waals surface area contributed by atoms with Gasteiger partial charge >= 0.3 is 0 Å². The minimum Gasteiger partial charge on any atom is -0.339 e. The number of piperidine rings is 1. The molecule has 2 aliphatic heterocycles. The molecule has 2 aromatic rings. The van der Waals surface area contributed by atoms with Crippen LogP contribution in [-0.4, -0.2) is 36.3 Å². The molecule has 2 amide bonds. The summed E-state index contributed by atoms with van der Waals surface area (Å²) in [5.74, 6) is -0.700. The number of nitrogens with zero attached hydrogens (tertiary/aromatic N) is 1. The Balaban J connectivity index is 0.00000240. The van der Waals surface area contributed by atoms with Gasteiger partial charge in [-0.15, -0.1) is 12.4 Å². The van der Waals surface area contributed by atoms with E-state index in [9.17, 15) is 14.0 Å². The molecule has 2 aromatic carbocycles. The maximum absolute atomic E-state index is 14.7. The van der Waals surface area contributed by atoms with Crippen LogP contribution in [0.3, 0.4) is 0 Å². The fraction of sp³-hybridized carbons (Fsp3) is 0.364. The number of carbonyl (C=O) groups excluding carboxylic acids is 2. The Hall–Kier alpha value is -2.44. The first-order valence-electron chi connectivity index (χ1n) is 9.79. The quantitative estimate of drug-likeness (QED) is 0.804. The predicted molar refractivity (Wildman–Crippen MR) is 113 cm³/mol. The largest absolute Gasteiger partial charge is 0.339 e. The zero-order chi connectivity index (χ0) is 19.5. The van der Waals surface area contributed by atoms with Gasteiger partial charge in [0.05, 0.1) is 5.69 Å². The molecule has 7 heteroatoms. The monoisotopic (exact) mass is 417 g/mol. The summed E-state index contributed by atoms with van der Waals surface area (Å²) in [5.41, 5.74) is 2.57. The summed E-state index contributed by atoms with van der Waals surface area (Å²) in [6, 6.07) is 12.7. The van der Waals surface area contributed by atoms with Gasteiger partial charge in [-0.3, -0.25) is 9.59 Å². The van der Waals surface area contributed by atoms with Crippen molar-refractivity contribution in [2.45, 2.75) is 25.8 Å². The maximum atomic E-state index is 14.7. The Morgan fingerprint density at radius 1 is 1.07 bits per heavy atom. The smallest absolute Gasteiger partial charge is 0.253 e. The molecule has 4 rings (SSSR count). The Morgan fingerprint density at radius 3 is 2.52 bits per heavy atom. The van der Waals surface area contributed by atoms with Gasteiger partial charge in [-0.25, -0.2) is 4.39 Å². The van der Waals surface area contributed by atoms with Crippen LogP contribution in [0.1, 0.15) is 34.3 Å². The number of rotatable bonds is 3. The molecule has 0 radical (unpaired) electrons. The second-order valence-electron chi connectivity index (χ2n) is 7.41. The van der Waals surface area contributed by atoms with E-state index in [-0.39, 0.29) is 41.6 Å². The zero-order valence-corrected chi connectivity index (χ0v) is 16.9. The van der Waals surface area contributed by atoms with Gasteiger partial charge in [-0.1, -0.05) is 24.3 Å². The first-order valence-corrected chi connectivity index (χ1v) is 9.79. The van der Waals surface area contributed by atoms with Crippen molar-refractivity contribution in [2.24, 2.45) is 5.92 Å². The third-order valence-corrected chi connectivity index (χ3v) is 5.64. The first kappa shape index (κ1) is 21.3. The second-order valence-corrected chi connectivity index (χ2v) is 7.41. The molecule has 2 N–H and O–H groups in total. The number of anilines is 1. The third-order valence-electron chi connectivity index (χ3n) is 5.64. The molecule has 2 aliphatic rings. The number of benzene rings is 2. The summed E-state index contributed by atoms with van der Waals surface area (Å²) in [6.45, 7) is 2.47. The molecular weight excluding hydrogens is 393 g/mol. The van der Waals surface area contributed by atoms with Crippen LogP contribution in [0.25, 0.3) is 0 Å². The molecule has 0 aromatic heterocycles. The molecule has 0 aliphatic carbocycles. The highest BCUT2D eigenvalue weighted by Crippen LogP contribution is 2.26. The predicted octanol–water partition coefficient (Wildman–Crippen LogP) is 3.38. The van der Waals surface area contributed by atoms with E-state index in [1.165, 1.54) is 0 Å². The van der Waals surface area contributed by atoms with Crippen LogP contribution in [0.15, 0.2) is 42.5 Å². The van der Waals surface area contributed by atoms with Crippen LogP contribution in [0.4, 0.5) is 10.1 Å². The molecule has 0 saturated carbocycles. The van der Waals surface area contributed by atoms with E-state index in [0.717, 1.165) is 12.1 Å². The number of carbonyl (C=O) groups is 2. The van der Waals surface area contributed by atoms with Crippen molar-refractivity contribution in [3.05, 3.63) is 65.0 Å². The Bertz CT molecular complexity index is 883. The number of hydrogen-bond donors (Lipinski definition) is 2. The van der Waals surface area contributed by atoms with Crippen molar-refractivity contribution >= 4 is 29.9 Å². The van der Waals surface area contributed by atoms with Crippen LogP contribution in [0.2, 0.25) is 0 Å². The number of nitrogens with one attached hydrogen (secondary N) is 2. The Morgan fingerprint density at radius 2 is 1.79 bits per heavy atom. The third kappa shape index (κ3) is 4.60. The zero-order valence-electron chi connectivity index (χ0n) is 16.1. The summed E-state index contributed by atoms with van der Waals surface area (Å²) in [7, 11) is 0. The molecule has 5 nitrogen and oxygen atoms in total. The normalized spacial score (nSPS) is 16.5. The molecule has 0 bridgehead atoms. The number of hydrogen-bond acceptors (Lipinski definition) is 3. The van der Waals surface area contributed by atoms with Gasteiger partial charge in [0.1, 0.15) is 5.82 Å². The summed E-state index contributed by atoms with van der Waals surface area (Å²) in [5, 5.41) is 5.99. The molecule has 154 valence electrons. The molecule has 1 saturated heterocycles. The first-order chi connectivity index (χ1) is 13.6. The van der Waals surface area contributed by atoms with Crippen molar-refractivity contribution in [3.8, 4) is 0 Å². The van der Waals surface area contributed by atoms with Gasteiger partial charge in [-0.05, 0) is 55.1 Å². The SMILES string of the molecule is Cl.O=C(Nc1ccc2c(c1F)CCNC2)C1CCN(C(=O)c2ccccc2)CC1. The number of fused-ring (bicyclic) bond motifs is 1. The highest BCUT2D eigenvalue weighted by atomic mass is 35.5. The van der Waals surface area contributed by atoms with Crippen LogP contribution in [0, 0.1) is 11.7 Å². The van der Waals surface area contributed by atoms with Crippen molar-refractivity contribution in [2.75, 3.05) is 25.0 Å². The van der Waals surface area contributed by atoms with E-state index in [1.807, 2.05) is 24.3 Å². The van der Waals surface area contributed by atoms with E-state index < -0.39 is 0 Å². The van der Waals surface area contributed by atoms with Gasteiger partial charge in [0.25, 0.3) is 5.91 Å². The van der Waals surface area contributed by atoms with Gasteiger partial charge < -0.3 is 15.5 Å². The minimum absolute atomic E-state index is 0. The fourth-order valence-electron chi connectivity index (χ4n) is 3.97. The van der Waals surface area contributed by atoms with Crippen LogP contribution < -0.4 is 10.6 Å². The van der Waals surface area contributed by atoms with E-state index in [0.29, 0.717) is 50.0 Å². The van der Waals surface area contributed by atoms with Crippen molar-refractivity contribution in [3.63, 3.8) is 0 Å². The van der Waals surface area contributed by atoms with Crippen LogP contribution in [-0.2, 0) is 17.8 Å². The van der Waals surface area contributed by atoms with Gasteiger partial charge in [0.2, 0.25) is 5.91 Å². The highest BCUT2D eigenvalue weighted by molar-refractivity contribution is 5.95. The summed E-state index contributed by atoms with van der Waals surface area (Å²) in [6.07, 6.45) is 1.80. The lowest BCUT2D eigenvalue weighted by Crippen LogP contribution is -2.41. The summed E-state index contributed by atoms with van der Waals surface area (Å²) < 4.78 is 14.7. The number of likely N-dealkylation sites (tertiary alicyclic amines) is 1. The summed E-state index contributed by atoms with van der Waals surface area (Å²) in [4.78, 5) is 26.9. The van der Waals surface area contributed by atoms with E-state index in [1.54, 1.807) is 23.1 Å². The molecule has 0 unspecified atom stereocenters. The Labute approximate surface area is 176 Å². The Kier molecular flexibility index (Phi) is 6.87. The van der Waals surface area contributed by atoms with Gasteiger partial charge in [0.15, 0.2) is 0 Å². The molecule has 29 heavy (non-hydrogen) atoms. The van der Waals surface area contributed by atoms with Crippen molar-refractivity contribution in [1.82, 2.24) is 10.2 Å². The van der Waals surface area contributed by atoms with Crippen molar-refractivity contribution < 1.29 is 14.0 Å². The number of halogens is 2. The average molecular weight is 418 g/mol. The minimum atomic E-state index is -0.316. The van der Waals surface area contributed by atoms with Gasteiger partial charge in [0, 0.05) is 31.1 Å². The standard InChI is InChI=1S/C22H24FN3O2.ClH/c23-20-18-8-11-24-14-17(18)6-7-19(20)25-21(27)15-9-12-26(13-10-15)22(28)16-4-2-1-3-5-16;/h1-7,15,24H,8-14H2,(H,25,27);1H. The lowest BCUT2D eigenvalue weighted by molar-refractivity contribution is -0.121. The lowest BCUT2D eigenvalue weighted by Gasteiger charge is -2.31. The average Bonchev–Trinajstić information content (AvgIpc) is 2.76. The number of amides is 2. The maximum Gasteiger partial charge on any atom is 0.253 e. The van der Waals surface area contributed by atoms with Crippen LogP contribution in [0.5, 0.6) is 0 Å². The van der Waals surface area contributed by atoms with Gasteiger partial charge in [-0.2, -0.15) is 0 Å². The highest BCUT2D eigenvalue weighted by Gasteiger charge is 2.28. The fourth-order valence-corrected chi connectivity index (χ4v) is 3.97. The van der Waals surface area contributed by atoms with E-state index in [4.69, 9.17) is 0 Å². The molecule has 2 heterocycles.